The molecule has 1 heterocycles. The lowest BCUT2D eigenvalue weighted by atomic mass is 10.5. The van der Waals surface area contributed by atoms with Crippen LogP contribution in [0, 0.1) is 0 Å². The first-order chi connectivity index (χ1) is 3.79. The molecule has 1 rings (SSSR count). The van der Waals surface area contributed by atoms with Crippen molar-refractivity contribution < 1.29 is 5.48 Å². The monoisotopic (exact) mass is 270 g/mol. The molecule has 1 aromatic rings. The minimum absolute atomic E-state index is 0. The molecule has 0 saturated heterocycles. The zero-order valence-corrected chi connectivity index (χ0v) is 8.31. The average Bonchev–Trinajstić information content (AvgIpc) is 1.64. The zero-order valence-electron chi connectivity index (χ0n) is 5.14. The number of rotatable bonds is 0. The van der Waals surface area contributed by atoms with Gasteiger partial charge in [0.25, 0.3) is 0 Å². The van der Waals surface area contributed by atoms with Gasteiger partial charge in [0.2, 0.25) is 0 Å². The summed E-state index contributed by atoms with van der Waals surface area (Å²) in [4.78, 5) is 4.01. The van der Waals surface area contributed by atoms with Gasteiger partial charge in [-0.2, -0.15) is 0 Å². The van der Waals surface area contributed by atoms with Gasteiger partial charge in [0, 0.05) is 0 Å². The molecule has 0 amide bonds. The molecular weight excluding hydrogens is 264 g/mol. The Morgan fingerprint density at radius 1 is 1.10 bits per heavy atom. The first-order valence-corrected chi connectivity index (χ1v) is 3.66. The van der Waals surface area contributed by atoms with Gasteiger partial charge in [-0.15, -0.1) is 0 Å². The lowest BCUT2D eigenvalue weighted by molar-refractivity contribution is 0.824. The molecule has 5 heteroatoms. The van der Waals surface area contributed by atoms with E-state index in [-0.39, 0.29) is 11.6 Å². The molecular formula is C5H8Br2N2O. The predicted molar refractivity (Wildman–Crippen MR) is 48.3 cm³/mol. The third-order valence-corrected chi connectivity index (χ3v) is 1.56. The lowest BCUT2D eigenvalue weighted by Gasteiger charge is -1.86. The van der Waals surface area contributed by atoms with Gasteiger partial charge in [-0.3, -0.25) is 0 Å². The Morgan fingerprint density at radius 2 is 1.50 bits per heavy atom. The molecule has 0 atom stereocenters. The van der Waals surface area contributed by atoms with Crippen LogP contribution in [0.25, 0.3) is 0 Å². The second kappa shape index (κ2) is 5.79. The minimum atomic E-state index is 0. The summed E-state index contributed by atoms with van der Waals surface area (Å²) in [7, 11) is 0. The van der Waals surface area contributed by atoms with Crippen molar-refractivity contribution in [1.82, 2.24) is 11.1 Å². The maximum absolute atomic E-state index is 4.01. The van der Waals surface area contributed by atoms with Crippen LogP contribution in [-0.2, 0) is 0 Å². The summed E-state index contributed by atoms with van der Waals surface area (Å²) in [5, 5.41) is 0. The smallest absolute Gasteiger partial charge is 0.107 e. The van der Waals surface area contributed by atoms with Crippen LogP contribution >= 0.6 is 31.9 Å². The molecule has 0 aliphatic heterocycles. The van der Waals surface area contributed by atoms with E-state index < -0.39 is 0 Å². The van der Waals surface area contributed by atoms with E-state index in [1.54, 1.807) is 0 Å². The number of hydrogen-bond acceptors (Lipinski definition) is 2. The van der Waals surface area contributed by atoms with Crippen molar-refractivity contribution in [1.29, 1.82) is 0 Å². The zero-order chi connectivity index (χ0) is 5.98. The fraction of sp³-hybridized carbons (Fsp3) is 0. The van der Waals surface area contributed by atoms with Crippen LogP contribution in [0.3, 0.4) is 0 Å². The predicted octanol–water partition coefficient (Wildman–Crippen LogP) is 1.94. The first-order valence-electron chi connectivity index (χ1n) is 2.07. The number of hydrogen-bond donors (Lipinski definition) is 1. The summed E-state index contributed by atoms with van der Waals surface area (Å²) < 4.78 is 1.71. The van der Waals surface area contributed by atoms with Gasteiger partial charge in [0.05, 0.1) is 0 Å². The van der Waals surface area contributed by atoms with Gasteiger partial charge in [-0.25, -0.2) is 4.98 Å². The maximum atomic E-state index is 4.01. The van der Waals surface area contributed by atoms with Gasteiger partial charge in [-0.1, -0.05) is 6.07 Å². The molecule has 0 bridgehead atoms. The van der Waals surface area contributed by atoms with E-state index in [9.17, 15) is 0 Å². The van der Waals surface area contributed by atoms with Gasteiger partial charge in [-0.05, 0) is 44.0 Å². The third-order valence-electron chi connectivity index (χ3n) is 0.681. The topological polar surface area (TPSA) is 79.4 Å². The summed E-state index contributed by atoms with van der Waals surface area (Å²) in [5.74, 6) is 0. The van der Waals surface area contributed by atoms with E-state index in [1.807, 2.05) is 18.2 Å². The minimum Gasteiger partial charge on any atom is -0.412 e. The Balaban J connectivity index is 0. The molecule has 1 aromatic heterocycles. The summed E-state index contributed by atoms with van der Waals surface area (Å²) >= 11 is 6.44. The van der Waals surface area contributed by atoms with Crippen LogP contribution < -0.4 is 6.15 Å². The Hall–Kier alpha value is 0.0300. The molecule has 0 aromatic carbocycles. The Bertz CT molecular complexity index is 178. The second-order valence-corrected chi connectivity index (χ2v) is 2.91. The molecule has 0 radical (unpaired) electrons. The largest absolute Gasteiger partial charge is 0.412 e. The molecule has 5 N–H and O–H groups in total. The summed E-state index contributed by atoms with van der Waals surface area (Å²) in [6.07, 6.45) is 0. The highest BCUT2D eigenvalue weighted by Crippen LogP contribution is 2.10. The molecule has 10 heavy (non-hydrogen) atoms. The van der Waals surface area contributed by atoms with Crippen molar-refractivity contribution >= 4 is 31.9 Å². The van der Waals surface area contributed by atoms with Crippen LogP contribution in [0.2, 0.25) is 0 Å². The van der Waals surface area contributed by atoms with Crippen LogP contribution in [0.15, 0.2) is 27.4 Å². The molecule has 0 aliphatic rings. The van der Waals surface area contributed by atoms with Gasteiger partial charge in [0.15, 0.2) is 0 Å². The summed E-state index contributed by atoms with van der Waals surface area (Å²) in [6.45, 7) is 0. The Labute approximate surface area is 76.0 Å². The Kier molecular flexibility index (Phi) is 7.34. The molecule has 0 fully saturated rings. The molecule has 0 saturated carbocycles. The number of halogens is 2. The molecule has 0 spiro atoms. The van der Waals surface area contributed by atoms with Gasteiger partial charge < -0.3 is 11.6 Å². The van der Waals surface area contributed by atoms with Crippen molar-refractivity contribution in [3.05, 3.63) is 27.4 Å². The molecule has 0 unspecified atom stereocenters. The van der Waals surface area contributed by atoms with E-state index in [2.05, 4.69) is 36.8 Å². The van der Waals surface area contributed by atoms with Crippen molar-refractivity contribution in [2.75, 3.05) is 0 Å². The SMILES string of the molecule is Brc1cccc(Br)n1.N.O. The quantitative estimate of drug-likeness (QED) is 0.732. The first kappa shape index (κ1) is 12.7. The van der Waals surface area contributed by atoms with Crippen molar-refractivity contribution in [3.63, 3.8) is 0 Å². The third kappa shape index (κ3) is 3.94. The Morgan fingerprint density at radius 3 is 1.70 bits per heavy atom. The highest BCUT2D eigenvalue weighted by Gasteiger charge is 1.85. The maximum Gasteiger partial charge on any atom is 0.107 e. The van der Waals surface area contributed by atoms with Crippen LogP contribution in [0.1, 0.15) is 0 Å². The van der Waals surface area contributed by atoms with E-state index in [0.717, 1.165) is 9.21 Å². The van der Waals surface area contributed by atoms with Crippen LogP contribution in [0.4, 0.5) is 0 Å². The molecule has 0 aliphatic carbocycles. The lowest BCUT2D eigenvalue weighted by Crippen LogP contribution is -1.72. The van der Waals surface area contributed by atoms with E-state index in [0.29, 0.717) is 0 Å². The van der Waals surface area contributed by atoms with Crippen molar-refractivity contribution in [2.45, 2.75) is 0 Å². The van der Waals surface area contributed by atoms with Crippen LogP contribution in [0.5, 0.6) is 0 Å². The van der Waals surface area contributed by atoms with E-state index in [4.69, 9.17) is 0 Å². The van der Waals surface area contributed by atoms with E-state index in [1.165, 1.54) is 0 Å². The highest BCUT2D eigenvalue weighted by molar-refractivity contribution is 9.11. The fourth-order valence-electron chi connectivity index (χ4n) is 0.383. The fourth-order valence-corrected chi connectivity index (χ4v) is 1.31. The normalized spacial score (nSPS) is 7.40. The van der Waals surface area contributed by atoms with Crippen LogP contribution in [-0.4, -0.2) is 10.5 Å². The van der Waals surface area contributed by atoms with Gasteiger partial charge in [0.1, 0.15) is 9.21 Å². The summed E-state index contributed by atoms with van der Waals surface area (Å²) in [6, 6.07) is 5.68. The number of nitrogens with zero attached hydrogens (tertiary/aromatic N) is 1. The number of pyridine rings is 1. The van der Waals surface area contributed by atoms with Crippen molar-refractivity contribution in [2.24, 2.45) is 0 Å². The average molecular weight is 272 g/mol. The second-order valence-electron chi connectivity index (χ2n) is 1.28. The standard InChI is InChI=1S/C5H3Br2N.H3N.H2O/c6-4-2-1-3-5(7)8-4;;/h1-3H;1H3;1H2. The van der Waals surface area contributed by atoms with Crippen molar-refractivity contribution in [3.8, 4) is 0 Å². The highest BCUT2D eigenvalue weighted by atomic mass is 79.9. The number of aromatic nitrogens is 1. The van der Waals surface area contributed by atoms with Gasteiger partial charge >= 0.3 is 0 Å². The van der Waals surface area contributed by atoms with E-state index >= 15 is 0 Å². The molecule has 58 valence electrons. The summed E-state index contributed by atoms with van der Waals surface area (Å²) in [5.41, 5.74) is 0. The molecule has 3 nitrogen and oxygen atoms in total.